The van der Waals surface area contributed by atoms with E-state index in [1.807, 2.05) is 32.3 Å². The van der Waals surface area contributed by atoms with E-state index in [1.54, 1.807) is 0 Å². The number of rotatable bonds is 3. The minimum Gasteiger partial charge on any atom is -0.454 e. The highest BCUT2D eigenvalue weighted by molar-refractivity contribution is 7.81. The van der Waals surface area contributed by atoms with E-state index >= 15 is 0 Å². The van der Waals surface area contributed by atoms with Gasteiger partial charge in [-0.25, -0.2) is 0 Å². The number of hydrogen-bond acceptors (Lipinski definition) is 5. The van der Waals surface area contributed by atoms with Gasteiger partial charge in [-0.05, 0) is 42.5 Å². The molecular formula is C21H23N3O2S2. The van der Waals surface area contributed by atoms with E-state index in [4.69, 9.17) is 33.9 Å². The molecule has 2 aromatic carbocycles. The molecule has 2 aliphatic rings. The Morgan fingerprint density at radius 1 is 0.786 bits per heavy atom. The fraction of sp³-hybridized carbons (Fsp3) is 0.333. The minimum atomic E-state index is 0.275. The van der Waals surface area contributed by atoms with Crippen LogP contribution in [0.25, 0.3) is 0 Å². The van der Waals surface area contributed by atoms with Crippen molar-refractivity contribution in [1.29, 1.82) is 0 Å². The first kappa shape index (κ1) is 19.0. The lowest BCUT2D eigenvalue weighted by molar-refractivity contribution is 0.174. The fourth-order valence-electron chi connectivity index (χ4n) is 3.41. The molecule has 2 aromatic rings. The van der Waals surface area contributed by atoms with Gasteiger partial charge in [0, 0.05) is 57.1 Å². The number of anilines is 1. The third-order valence-electron chi connectivity index (χ3n) is 5.10. The number of ether oxygens (including phenoxy) is 2. The molecule has 0 atom stereocenters. The molecule has 0 unspecified atom stereocenters. The second-order valence-corrected chi connectivity index (χ2v) is 7.87. The summed E-state index contributed by atoms with van der Waals surface area (Å²) in [7, 11) is 4.07. The van der Waals surface area contributed by atoms with Gasteiger partial charge in [0.25, 0.3) is 0 Å². The molecule has 5 nitrogen and oxygen atoms in total. The van der Waals surface area contributed by atoms with E-state index in [1.165, 1.54) is 5.69 Å². The smallest absolute Gasteiger partial charge is 0.231 e. The van der Waals surface area contributed by atoms with Crippen LogP contribution in [0.15, 0.2) is 42.5 Å². The standard InChI is InChI=1S/C21H23N3O2S2/c1-22(2)17-6-3-15(4-7-17)20(27)23-9-11-24(12-10-23)21(28)16-5-8-18-19(13-16)26-14-25-18/h3-8,13H,9-12,14H2,1-2H3. The summed E-state index contributed by atoms with van der Waals surface area (Å²) in [5.41, 5.74) is 3.26. The lowest BCUT2D eigenvalue weighted by atomic mass is 10.1. The second kappa shape index (κ2) is 7.93. The van der Waals surface area contributed by atoms with Crippen molar-refractivity contribution in [2.24, 2.45) is 0 Å². The molecule has 146 valence electrons. The monoisotopic (exact) mass is 413 g/mol. The van der Waals surface area contributed by atoms with Crippen LogP contribution in [-0.2, 0) is 0 Å². The molecule has 0 spiro atoms. The van der Waals surface area contributed by atoms with Crippen LogP contribution in [0.3, 0.4) is 0 Å². The average molecular weight is 414 g/mol. The molecule has 1 fully saturated rings. The molecule has 1 saturated heterocycles. The first-order chi connectivity index (χ1) is 13.5. The molecule has 0 saturated carbocycles. The van der Waals surface area contributed by atoms with Gasteiger partial charge in [-0.2, -0.15) is 0 Å². The van der Waals surface area contributed by atoms with Crippen LogP contribution in [-0.4, -0.2) is 66.8 Å². The lowest BCUT2D eigenvalue weighted by Gasteiger charge is -2.37. The molecule has 0 aromatic heterocycles. The maximum atomic E-state index is 5.73. The Labute approximate surface area is 176 Å². The van der Waals surface area contributed by atoms with E-state index in [2.05, 4.69) is 39.0 Å². The molecule has 0 amide bonds. The first-order valence-corrected chi connectivity index (χ1v) is 10.1. The largest absolute Gasteiger partial charge is 0.454 e. The van der Waals surface area contributed by atoms with E-state index in [0.29, 0.717) is 0 Å². The summed E-state index contributed by atoms with van der Waals surface area (Å²) in [4.78, 5) is 8.33. The van der Waals surface area contributed by atoms with Crippen LogP contribution in [0.2, 0.25) is 0 Å². The van der Waals surface area contributed by atoms with Crippen LogP contribution >= 0.6 is 24.4 Å². The number of benzene rings is 2. The van der Waals surface area contributed by atoms with Gasteiger partial charge in [-0.3, -0.25) is 0 Å². The first-order valence-electron chi connectivity index (χ1n) is 9.28. The predicted molar refractivity (Wildman–Crippen MR) is 120 cm³/mol. The van der Waals surface area contributed by atoms with Crippen molar-refractivity contribution in [2.45, 2.75) is 0 Å². The Balaban J connectivity index is 1.37. The van der Waals surface area contributed by atoms with E-state index in [-0.39, 0.29) is 6.79 Å². The summed E-state index contributed by atoms with van der Waals surface area (Å²) in [6, 6.07) is 14.3. The Kier molecular flexibility index (Phi) is 5.37. The van der Waals surface area contributed by atoms with Crippen molar-refractivity contribution in [3.05, 3.63) is 53.6 Å². The Morgan fingerprint density at radius 2 is 1.32 bits per heavy atom. The highest BCUT2D eigenvalue weighted by Crippen LogP contribution is 2.33. The summed E-state index contributed by atoms with van der Waals surface area (Å²) in [5, 5.41) is 0. The zero-order valence-corrected chi connectivity index (χ0v) is 17.7. The van der Waals surface area contributed by atoms with Gasteiger partial charge in [0.15, 0.2) is 11.5 Å². The predicted octanol–water partition coefficient (Wildman–Crippen LogP) is 3.15. The highest BCUT2D eigenvalue weighted by Gasteiger charge is 2.23. The van der Waals surface area contributed by atoms with Crippen LogP contribution < -0.4 is 14.4 Å². The second-order valence-electron chi connectivity index (χ2n) is 7.09. The average Bonchev–Trinajstić information content (AvgIpc) is 3.21. The lowest BCUT2D eigenvalue weighted by Crippen LogP contribution is -2.50. The minimum absolute atomic E-state index is 0.275. The Hall–Kier alpha value is -2.38. The molecule has 0 bridgehead atoms. The molecule has 0 N–H and O–H groups in total. The molecule has 4 rings (SSSR count). The van der Waals surface area contributed by atoms with Crippen LogP contribution in [0.1, 0.15) is 11.1 Å². The fourth-order valence-corrected chi connectivity index (χ4v) is 4.04. The van der Waals surface area contributed by atoms with E-state index in [9.17, 15) is 0 Å². The third-order valence-corrected chi connectivity index (χ3v) is 6.09. The van der Waals surface area contributed by atoms with Gasteiger partial charge < -0.3 is 24.2 Å². The van der Waals surface area contributed by atoms with Crippen LogP contribution in [0.4, 0.5) is 5.69 Å². The zero-order valence-electron chi connectivity index (χ0n) is 16.1. The van der Waals surface area contributed by atoms with Gasteiger partial charge in [0.1, 0.15) is 9.98 Å². The van der Waals surface area contributed by atoms with Crippen LogP contribution in [0.5, 0.6) is 11.5 Å². The third kappa shape index (κ3) is 3.77. The van der Waals surface area contributed by atoms with Gasteiger partial charge >= 0.3 is 0 Å². The summed E-state index contributed by atoms with van der Waals surface area (Å²) in [5.74, 6) is 1.54. The summed E-state index contributed by atoms with van der Waals surface area (Å²) in [6.07, 6.45) is 0. The number of nitrogens with zero attached hydrogens (tertiary/aromatic N) is 3. The maximum absolute atomic E-state index is 5.73. The molecule has 0 aliphatic carbocycles. The van der Waals surface area contributed by atoms with E-state index < -0.39 is 0 Å². The SMILES string of the molecule is CN(C)c1ccc(C(=S)N2CCN(C(=S)c3ccc4c(c3)OCO4)CC2)cc1. The summed E-state index contributed by atoms with van der Waals surface area (Å²) < 4.78 is 10.8. The van der Waals surface area contributed by atoms with Gasteiger partial charge in [0.2, 0.25) is 6.79 Å². The molecular weight excluding hydrogens is 390 g/mol. The Morgan fingerprint density at radius 3 is 1.93 bits per heavy atom. The summed E-state index contributed by atoms with van der Waals surface area (Å²) >= 11 is 11.5. The van der Waals surface area contributed by atoms with Crippen molar-refractivity contribution >= 4 is 40.1 Å². The Bertz CT molecular complexity index is 891. The summed E-state index contributed by atoms with van der Waals surface area (Å²) in [6.45, 7) is 3.70. The van der Waals surface area contributed by atoms with Crippen molar-refractivity contribution in [2.75, 3.05) is 52.0 Å². The van der Waals surface area contributed by atoms with Crippen molar-refractivity contribution in [3.8, 4) is 11.5 Å². The van der Waals surface area contributed by atoms with Crippen LogP contribution in [0, 0.1) is 0 Å². The number of piperazine rings is 1. The molecule has 2 heterocycles. The van der Waals surface area contributed by atoms with Gasteiger partial charge in [-0.15, -0.1) is 0 Å². The topological polar surface area (TPSA) is 28.2 Å². The molecule has 28 heavy (non-hydrogen) atoms. The quantitative estimate of drug-likeness (QED) is 0.714. The van der Waals surface area contributed by atoms with Gasteiger partial charge in [0.05, 0.1) is 0 Å². The number of thiocarbonyl (C=S) groups is 2. The van der Waals surface area contributed by atoms with Gasteiger partial charge in [-0.1, -0.05) is 24.4 Å². The maximum Gasteiger partial charge on any atom is 0.231 e. The molecule has 7 heteroatoms. The molecule has 0 radical (unpaired) electrons. The van der Waals surface area contributed by atoms with E-state index in [0.717, 1.165) is 58.8 Å². The van der Waals surface area contributed by atoms with Crippen molar-refractivity contribution in [3.63, 3.8) is 0 Å². The number of fused-ring (bicyclic) bond motifs is 1. The normalized spacial score (nSPS) is 15.5. The number of hydrogen-bond donors (Lipinski definition) is 0. The molecule has 2 aliphatic heterocycles. The van der Waals surface area contributed by atoms with Crippen molar-refractivity contribution in [1.82, 2.24) is 9.80 Å². The van der Waals surface area contributed by atoms with Crippen molar-refractivity contribution < 1.29 is 9.47 Å². The zero-order chi connectivity index (χ0) is 19.7. The highest BCUT2D eigenvalue weighted by atomic mass is 32.1.